The van der Waals surface area contributed by atoms with Crippen molar-refractivity contribution in [3.63, 3.8) is 0 Å². The second-order valence-electron chi connectivity index (χ2n) is 2.86. The van der Waals surface area contributed by atoms with Crippen molar-refractivity contribution in [2.45, 2.75) is 12.6 Å². The zero-order valence-corrected chi connectivity index (χ0v) is 9.31. The van der Waals surface area contributed by atoms with E-state index in [0.717, 1.165) is 0 Å². The Bertz CT molecular complexity index is 460. The molecule has 0 aromatic carbocycles. The molecule has 1 aromatic heterocycles. The van der Waals surface area contributed by atoms with Gasteiger partial charge in [0.1, 0.15) is 11.3 Å². The van der Waals surface area contributed by atoms with E-state index in [1.165, 1.54) is 0 Å². The number of rotatable bonds is 2. The molecule has 0 bridgehead atoms. The molecule has 17 heavy (non-hydrogen) atoms. The molecule has 0 amide bonds. The lowest BCUT2D eigenvalue weighted by Gasteiger charge is -2.13. The fourth-order valence-corrected chi connectivity index (χ4v) is 1.72. The number of aromatic carboxylic acids is 1. The largest absolute Gasteiger partial charge is 0.476 e. The number of pyridine rings is 1. The van der Waals surface area contributed by atoms with Gasteiger partial charge in [0.2, 0.25) is 0 Å². The Kier molecular flexibility index (Phi) is 3.70. The number of hydrogen-bond acceptors (Lipinski definition) is 2. The summed E-state index contributed by atoms with van der Waals surface area (Å²) in [5.41, 5.74) is -4.08. The lowest BCUT2D eigenvalue weighted by Crippen LogP contribution is -2.17. The summed E-state index contributed by atoms with van der Waals surface area (Å²) in [4.78, 5) is 13.4. The number of aromatic nitrogens is 1. The molecule has 0 spiro atoms. The first-order chi connectivity index (χ1) is 7.64. The van der Waals surface area contributed by atoms with Crippen LogP contribution >= 0.6 is 15.9 Å². The maximum absolute atomic E-state index is 12.5. The lowest BCUT2D eigenvalue weighted by atomic mass is 10.1. The van der Waals surface area contributed by atoms with Crippen molar-refractivity contribution in [2.75, 3.05) is 0 Å². The van der Waals surface area contributed by atoms with Gasteiger partial charge in [-0.15, -0.1) is 0 Å². The molecule has 0 aliphatic heterocycles. The van der Waals surface area contributed by atoms with Crippen LogP contribution in [-0.4, -0.2) is 16.1 Å². The maximum Gasteiger partial charge on any atom is 0.419 e. The quantitative estimate of drug-likeness (QED) is 0.849. The maximum atomic E-state index is 12.5. The molecule has 1 N–H and O–H groups in total. The molecule has 1 rings (SSSR count). The first-order valence-corrected chi connectivity index (χ1v) is 4.73. The number of carboxylic acids is 1. The van der Waals surface area contributed by atoms with Crippen LogP contribution in [0.25, 0.3) is 0 Å². The average Bonchev–Trinajstić information content (AvgIpc) is 2.13. The summed E-state index contributed by atoms with van der Waals surface area (Å²) in [7, 11) is 0. The number of alkyl halides is 5. The van der Waals surface area contributed by atoms with Crippen molar-refractivity contribution in [2.24, 2.45) is 0 Å². The standard InChI is InChI=1S/C8H3BrF5NO2/c9-2-1-3(6(10)11)15-5(7(16)17)4(2)8(12,13)14/h1,6H,(H,16,17). The van der Waals surface area contributed by atoms with Crippen molar-refractivity contribution in [1.29, 1.82) is 0 Å². The molecule has 0 unspecified atom stereocenters. The molecule has 0 atom stereocenters. The van der Waals surface area contributed by atoms with Crippen molar-refractivity contribution in [3.8, 4) is 0 Å². The Morgan fingerprint density at radius 3 is 2.29 bits per heavy atom. The van der Waals surface area contributed by atoms with Gasteiger partial charge >= 0.3 is 12.1 Å². The molecular weight excluding hydrogens is 317 g/mol. The predicted molar refractivity (Wildman–Crippen MR) is 48.9 cm³/mol. The third kappa shape index (κ3) is 2.90. The van der Waals surface area contributed by atoms with E-state index in [1.807, 2.05) is 0 Å². The summed E-state index contributed by atoms with van der Waals surface area (Å²) in [6.45, 7) is 0. The predicted octanol–water partition coefficient (Wildman–Crippen LogP) is 3.50. The summed E-state index contributed by atoms with van der Waals surface area (Å²) in [5, 5.41) is 8.53. The summed E-state index contributed by atoms with van der Waals surface area (Å²) < 4.78 is 61.2. The second kappa shape index (κ2) is 4.55. The van der Waals surface area contributed by atoms with E-state index < -0.39 is 40.0 Å². The second-order valence-corrected chi connectivity index (χ2v) is 3.71. The third-order valence-electron chi connectivity index (χ3n) is 1.70. The topological polar surface area (TPSA) is 50.2 Å². The van der Waals surface area contributed by atoms with Crippen molar-refractivity contribution in [1.82, 2.24) is 4.98 Å². The number of carbonyl (C=O) groups is 1. The molecule has 1 aromatic rings. The summed E-state index contributed by atoms with van der Waals surface area (Å²) in [6.07, 6.45) is -8.16. The first-order valence-electron chi connectivity index (χ1n) is 3.93. The molecule has 0 saturated carbocycles. The van der Waals surface area contributed by atoms with Gasteiger partial charge in [-0.1, -0.05) is 15.9 Å². The van der Waals surface area contributed by atoms with E-state index in [1.54, 1.807) is 0 Å². The molecule has 3 nitrogen and oxygen atoms in total. The van der Waals surface area contributed by atoms with Crippen LogP contribution in [0.2, 0.25) is 0 Å². The molecule has 1 heterocycles. The zero-order chi connectivity index (χ0) is 13.4. The highest BCUT2D eigenvalue weighted by Crippen LogP contribution is 2.38. The van der Waals surface area contributed by atoms with Gasteiger partial charge in [-0.2, -0.15) is 13.2 Å². The van der Waals surface area contributed by atoms with Gasteiger partial charge in [-0.3, -0.25) is 0 Å². The fraction of sp³-hybridized carbons (Fsp3) is 0.250. The minimum Gasteiger partial charge on any atom is -0.476 e. The molecule has 9 heteroatoms. The number of carboxylic acid groups (broad SMARTS) is 1. The Balaban J connectivity index is 3.56. The van der Waals surface area contributed by atoms with Gasteiger partial charge in [0, 0.05) is 4.47 Å². The highest BCUT2D eigenvalue weighted by Gasteiger charge is 2.39. The van der Waals surface area contributed by atoms with Crippen LogP contribution in [-0.2, 0) is 6.18 Å². The Morgan fingerprint density at radius 2 is 1.94 bits per heavy atom. The monoisotopic (exact) mass is 319 g/mol. The molecule has 0 fully saturated rings. The Hall–Kier alpha value is -1.25. The van der Waals surface area contributed by atoms with Gasteiger partial charge in [0.25, 0.3) is 6.43 Å². The molecule has 94 valence electrons. The van der Waals surface area contributed by atoms with Crippen LogP contribution in [0.5, 0.6) is 0 Å². The smallest absolute Gasteiger partial charge is 0.419 e. The van der Waals surface area contributed by atoms with Gasteiger partial charge in [0.05, 0.1) is 0 Å². The molecule has 0 aliphatic rings. The Morgan fingerprint density at radius 1 is 1.41 bits per heavy atom. The Labute approximate surface area is 99.4 Å². The summed E-state index contributed by atoms with van der Waals surface area (Å²) in [5.74, 6) is -2.03. The van der Waals surface area contributed by atoms with E-state index in [9.17, 15) is 26.7 Å². The van der Waals surface area contributed by atoms with Crippen LogP contribution in [0.15, 0.2) is 10.5 Å². The molecular formula is C8H3BrF5NO2. The van der Waals surface area contributed by atoms with E-state index >= 15 is 0 Å². The lowest BCUT2D eigenvalue weighted by molar-refractivity contribution is -0.139. The van der Waals surface area contributed by atoms with E-state index in [-0.39, 0.29) is 0 Å². The summed E-state index contributed by atoms with van der Waals surface area (Å²) >= 11 is 2.41. The van der Waals surface area contributed by atoms with Crippen LogP contribution in [0, 0.1) is 0 Å². The highest BCUT2D eigenvalue weighted by atomic mass is 79.9. The van der Waals surface area contributed by atoms with E-state index in [0.29, 0.717) is 6.07 Å². The minimum absolute atomic E-state index is 0.444. The third-order valence-corrected chi connectivity index (χ3v) is 2.33. The van der Waals surface area contributed by atoms with Crippen LogP contribution in [0.1, 0.15) is 28.2 Å². The van der Waals surface area contributed by atoms with Gasteiger partial charge in [0.15, 0.2) is 5.69 Å². The van der Waals surface area contributed by atoms with E-state index in [4.69, 9.17) is 5.11 Å². The number of nitrogens with zero attached hydrogens (tertiary/aromatic N) is 1. The van der Waals surface area contributed by atoms with Crippen molar-refractivity contribution < 1.29 is 31.9 Å². The van der Waals surface area contributed by atoms with Crippen LogP contribution in [0.4, 0.5) is 22.0 Å². The molecule has 0 radical (unpaired) electrons. The van der Waals surface area contributed by atoms with Crippen LogP contribution in [0.3, 0.4) is 0 Å². The normalized spacial score (nSPS) is 11.9. The van der Waals surface area contributed by atoms with Crippen LogP contribution < -0.4 is 0 Å². The van der Waals surface area contributed by atoms with Gasteiger partial charge < -0.3 is 5.11 Å². The molecule has 0 saturated heterocycles. The SMILES string of the molecule is O=C(O)c1nc(C(F)F)cc(Br)c1C(F)(F)F. The first kappa shape index (κ1) is 13.8. The van der Waals surface area contributed by atoms with Gasteiger partial charge in [-0.05, 0) is 6.07 Å². The van der Waals surface area contributed by atoms with Crippen molar-refractivity contribution >= 4 is 21.9 Å². The molecule has 0 aliphatic carbocycles. The van der Waals surface area contributed by atoms with Gasteiger partial charge in [-0.25, -0.2) is 18.6 Å². The summed E-state index contributed by atoms with van der Waals surface area (Å²) in [6, 6.07) is 0.444. The zero-order valence-electron chi connectivity index (χ0n) is 7.73. The van der Waals surface area contributed by atoms with E-state index in [2.05, 4.69) is 20.9 Å². The number of halogens is 6. The number of hydrogen-bond donors (Lipinski definition) is 1. The minimum atomic E-state index is -5.00. The highest BCUT2D eigenvalue weighted by molar-refractivity contribution is 9.10. The van der Waals surface area contributed by atoms with Crippen molar-refractivity contribution in [3.05, 3.63) is 27.5 Å². The average molecular weight is 320 g/mol. The fourth-order valence-electron chi connectivity index (χ4n) is 1.07.